The summed E-state index contributed by atoms with van der Waals surface area (Å²) >= 11 is 0. The molecule has 0 saturated carbocycles. The highest BCUT2D eigenvalue weighted by atomic mass is 16.2. The van der Waals surface area contributed by atoms with E-state index in [1.54, 1.807) is 24.3 Å². The summed E-state index contributed by atoms with van der Waals surface area (Å²) in [6.07, 6.45) is 1.10. The SMILES string of the molecule is CC(=O)Nc1ccc(NC(=O)CCC(=O)N2CCc3[nH]c4ccccc4c3C2)cc1. The number of amides is 3. The minimum atomic E-state index is -0.208. The van der Waals surface area contributed by atoms with Gasteiger partial charge in [-0.1, -0.05) is 18.2 Å². The lowest BCUT2D eigenvalue weighted by molar-refractivity contribution is -0.133. The summed E-state index contributed by atoms with van der Waals surface area (Å²) in [5.41, 5.74) is 4.76. The topological polar surface area (TPSA) is 94.3 Å². The smallest absolute Gasteiger partial charge is 0.224 e. The zero-order valence-electron chi connectivity index (χ0n) is 16.8. The van der Waals surface area contributed by atoms with E-state index in [0.717, 1.165) is 17.3 Å². The molecule has 1 aromatic heterocycles. The number of rotatable bonds is 5. The molecule has 30 heavy (non-hydrogen) atoms. The van der Waals surface area contributed by atoms with Crippen molar-refractivity contribution >= 4 is 40.0 Å². The maximum atomic E-state index is 12.7. The van der Waals surface area contributed by atoms with E-state index in [1.807, 2.05) is 23.1 Å². The molecule has 7 heteroatoms. The number of H-pyrrole nitrogens is 1. The number of nitrogens with one attached hydrogen (secondary N) is 3. The van der Waals surface area contributed by atoms with Crippen molar-refractivity contribution in [1.82, 2.24) is 9.88 Å². The van der Waals surface area contributed by atoms with Crippen LogP contribution in [0.15, 0.2) is 48.5 Å². The van der Waals surface area contributed by atoms with Crippen molar-refractivity contribution in [2.75, 3.05) is 17.2 Å². The maximum absolute atomic E-state index is 12.7. The first-order valence-corrected chi connectivity index (χ1v) is 10.0. The Hall–Kier alpha value is -3.61. The van der Waals surface area contributed by atoms with Crippen LogP contribution < -0.4 is 10.6 Å². The second-order valence-corrected chi connectivity index (χ2v) is 7.50. The highest BCUT2D eigenvalue weighted by molar-refractivity contribution is 5.94. The average molecular weight is 404 g/mol. The van der Waals surface area contributed by atoms with Gasteiger partial charge in [0.25, 0.3) is 0 Å². The molecule has 2 heterocycles. The normalized spacial score (nSPS) is 13.0. The fourth-order valence-corrected chi connectivity index (χ4v) is 3.82. The molecule has 0 aliphatic carbocycles. The first-order valence-electron chi connectivity index (χ1n) is 10.0. The third kappa shape index (κ3) is 4.35. The summed E-state index contributed by atoms with van der Waals surface area (Å²) in [4.78, 5) is 41.2. The van der Waals surface area contributed by atoms with E-state index in [1.165, 1.54) is 18.2 Å². The molecule has 0 atom stereocenters. The molecule has 0 spiro atoms. The van der Waals surface area contributed by atoms with Gasteiger partial charge in [0.1, 0.15) is 0 Å². The van der Waals surface area contributed by atoms with Gasteiger partial charge < -0.3 is 20.5 Å². The van der Waals surface area contributed by atoms with E-state index < -0.39 is 0 Å². The van der Waals surface area contributed by atoms with E-state index in [4.69, 9.17) is 0 Å². The number of carbonyl (C=O) groups excluding carboxylic acids is 3. The number of hydrogen-bond donors (Lipinski definition) is 3. The summed E-state index contributed by atoms with van der Waals surface area (Å²) < 4.78 is 0. The van der Waals surface area contributed by atoms with Crippen LogP contribution in [0.25, 0.3) is 10.9 Å². The molecule has 2 aromatic carbocycles. The highest BCUT2D eigenvalue weighted by Crippen LogP contribution is 2.27. The van der Waals surface area contributed by atoms with Crippen molar-refractivity contribution in [1.29, 1.82) is 0 Å². The number of fused-ring (bicyclic) bond motifs is 3. The van der Waals surface area contributed by atoms with Gasteiger partial charge >= 0.3 is 0 Å². The summed E-state index contributed by atoms with van der Waals surface area (Å²) in [6.45, 7) is 2.67. The number of aromatic nitrogens is 1. The van der Waals surface area contributed by atoms with Crippen LogP contribution in [0.3, 0.4) is 0 Å². The Labute approximate surface area is 174 Å². The van der Waals surface area contributed by atoms with Gasteiger partial charge in [-0.2, -0.15) is 0 Å². The van der Waals surface area contributed by atoms with Crippen LogP contribution in [0.1, 0.15) is 31.0 Å². The van der Waals surface area contributed by atoms with Crippen molar-refractivity contribution in [3.05, 3.63) is 59.8 Å². The molecule has 3 N–H and O–H groups in total. The van der Waals surface area contributed by atoms with Crippen molar-refractivity contribution in [2.45, 2.75) is 32.7 Å². The van der Waals surface area contributed by atoms with Crippen molar-refractivity contribution < 1.29 is 14.4 Å². The quantitative estimate of drug-likeness (QED) is 0.608. The van der Waals surface area contributed by atoms with Gasteiger partial charge in [-0.3, -0.25) is 14.4 Å². The number of hydrogen-bond acceptors (Lipinski definition) is 3. The van der Waals surface area contributed by atoms with Crippen LogP contribution in [-0.2, 0) is 27.3 Å². The Morgan fingerprint density at radius 1 is 0.967 bits per heavy atom. The molecular weight excluding hydrogens is 380 g/mol. The lowest BCUT2D eigenvalue weighted by Crippen LogP contribution is -2.36. The number of anilines is 2. The van der Waals surface area contributed by atoms with Crippen molar-refractivity contribution in [3.63, 3.8) is 0 Å². The minimum absolute atomic E-state index is 0.0120. The van der Waals surface area contributed by atoms with Crippen LogP contribution in [0, 0.1) is 0 Å². The molecule has 0 fully saturated rings. The van der Waals surface area contributed by atoms with Gasteiger partial charge in [0.2, 0.25) is 17.7 Å². The molecule has 0 saturated heterocycles. The van der Waals surface area contributed by atoms with Crippen LogP contribution in [0.5, 0.6) is 0 Å². The summed E-state index contributed by atoms with van der Waals surface area (Å²) in [7, 11) is 0. The first kappa shape index (κ1) is 19.7. The van der Waals surface area contributed by atoms with Crippen LogP contribution in [0.4, 0.5) is 11.4 Å². The second-order valence-electron chi connectivity index (χ2n) is 7.50. The zero-order chi connectivity index (χ0) is 21.1. The van der Waals surface area contributed by atoms with E-state index in [-0.39, 0.29) is 30.6 Å². The highest BCUT2D eigenvalue weighted by Gasteiger charge is 2.24. The number of nitrogens with zero attached hydrogens (tertiary/aromatic N) is 1. The molecule has 3 aromatic rings. The van der Waals surface area contributed by atoms with Crippen LogP contribution in [0.2, 0.25) is 0 Å². The molecule has 0 unspecified atom stereocenters. The minimum Gasteiger partial charge on any atom is -0.358 e. The third-order valence-electron chi connectivity index (χ3n) is 5.29. The molecule has 3 amide bonds. The summed E-state index contributed by atoms with van der Waals surface area (Å²) in [5, 5.41) is 6.62. The van der Waals surface area contributed by atoms with Crippen molar-refractivity contribution in [3.8, 4) is 0 Å². The predicted molar refractivity (Wildman–Crippen MR) is 116 cm³/mol. The average Bonchev–Trinajstić information content (AvgIpc) is 3.11. The lowest BCUT2D eigenvalue weighted by atomic mass is 10.0. The summed E-state index contributed by atoms with van der Waals surface area (Å²) in [5.74, 6) is -0.370. The number of carbonyl (C=O) groups is 3. The molecule has 7 nitrogen and oxygen atoms in total. The van der Waals surface area contributed by atoms with Gasteiger partial charge in [0, 0.05) is 72.8 Å². The standard InChI is InChI=1S/C23H24N4O3/c1-15(28)24-16-6-8-17(9-7-16)25-22(29)10-11-23(30)27-13-12-21-19(14-27)18-4-2-3-5-20(18)26-21/h2-9,26H,10-14H2,1H3,(H,24,28)(H,25,29). The number of aromatic amines is 1. The Bertz CT molecular complexity index is 1100. The molecule has 1 aliphatic rings. The number of para-hydroxylation sites is 1. The Balaban J connectivity index is 1.30. The van der Waals surface area contributed by atoms with Gasteiger partial charge in [0.15, 0.2) is 0 Å². The first-order chi connectivity index (χ1) is 14.5. The molecule has 154 valence electrons. The second kappa shape index (κ2) is 8.41. The monoisotopic (exact) mass is 404 g/mol. The van der Waals surface area contributed by atoms with Gasteiger partial charge in [-0.25, -0.2) is 0 Å². The van der Waals surface area contributed by atoms with Crippen LogP contribution >= 0.6 is 0 Å². The van der Waals surface area contributed by atoms with E-state index in [0.29, 0.717) is 24.5 Å². The van der Waals surface area contributed by atoms with Gasteiger partial charge in [-0.05, 0) is 30.3 Å². The largest absolute Gasteiger partial charge is 0.358 e. The van der Waals surface area contributed by atoms with Crippen LogP contribution in [-0.4, -0.2) is 34.2 Å². The fraction of sp³-hybridized carbons (Fsp3) is 0.261. The maximum Gasteiger partial charge on any atom is 0.224 e. The summed E-state index contributed by atoms with van der Waals surface area (Å²) in [6, 6.07) is 15.0. The third-order valence-corrected chi connectivity index (χ3v) is 5.29. The molecule has 1 aliphatic heterocycles. The Kier molecular flexibility index (Phi) is 5.52. The van der Waals surface area contributed by atoms with E-state index in [9.17, 15) is 14.4 Å². The molecular formula is C23H24N4O3. The molecule has 0 radical (unpaired) electrons. The fourth-order valence-electron chi connectivity index (χ4n) is 3.82. The van der Waals surface area contributed by atoms with Crippen molar-refractivity contribution in [2.24, 2.45) is 0 Å². The molecule has 0 bridgehead atoms. The predicted octanol–water partition coefficient (Wildman–Crippen LogP) is 3.43. The Morgan fingerprint density at radius 3 is 2.40 bits per heavy atom. The molecule has 4 rings (SSSR count). The lowest BCUT2D eigenvalue weighted by Gasteiger charge is -2.27. The van der Waals surface area contributed by atoms with E-state index in [2.05, 4.69) is 21.7 Å². The van der Waals surface area contributed by atoms with Gasteiger partial charge in [-0.15, -0.1) is 0 Å². The zero-order valence-corrected chi connectivity index (χ0v) is 16.8. The Morgan fingerprint density at radius 2 is 1.67 bits per heavy atom. The number of benzene rings is 2. The van der Waals surface area contributed by atoms with Gasteiger partial charge in [0.05, 0.1) is 0 Å². The van der Waals surface area contributed by atoms with E-state index >= 15 is 0 Å².